The van der Waals surface area contributed by atoms with E-state index in [1.807, 2.05) is 0 Å². The number of hydrogen-bond donors (Lipinski definition) is 1. The van der Waals surface area contributed by atoms with Gasteiger partial charge in [0.15, 0.2) is 5.92 Å². The quantitative estimate of drug-likeness (QED) is 0.666. The first-order valence-electron chi connectivity index (χ1n) is 4.19. The molecular formula is C10H6Cl2N2O2. The van der Waals surface area contributed by atoms with Crippen molar-refractivity contribution in [3.63, 3.8) is 0 Å². The molecule has 0 aromatic heterocycles. The molecule has 1 amide bonds. The summed E-state index contributed by atoms with van der Waals surface area (Å²) >= 11 is 11.4. The molecule has 0 spiro atoms. The second-order valence-corrected chi connectivity index (χ2v) is 3.68. The number of benzene rings is 1. The topological polar surface area (TPSA) is 70.0 Å². The minimum absolute atomic E-state index is 0.271. The number of anilines is 1. The number of nitrogens with zero attached hydrogens (tertiary/aromatic N) is 1. The minimum atomic E-state index is -1.32. The number of nitrogens with one attached hydrogen (secondary N) is 1. The smallest absolute Gasteiger partial charge is 0.249 e. The molecule has 0 heterocycles. The van der Waals surface area contributed by atoms with Crippen LogP contribution in [-0.4, -0.2) is 12.2 Å². The van der Waals surface area contributed by atoms with Gasteiger partial charge in [0.25, 0.3) is 0 Å². The summed E-state index contributed by atoms with van der Waals surface area (Å²) in [4.78, 5) is 21.7. The number of rotatable bonds is 3. The molecule has 0 bridgehead atoms. The first kappa shape index (κ1) is 12.5. The molecule has 0 aliphatic rings. The predicted octanol–water partition coefficient (Wildman–Crippen LogP) is 2.27. The van der Waals surface area contributed by atoms with Gasteiger partial charge in [-0.2, -0.15) is 5.26 Å². The molecule has 1 atom stereocenters. The number of amides is 1. The van der Waals surface area contributed by atoms with Gasteiger partial charge in [0.2, 0.25) is 5.91 Å². The van der Waals surface area contributed by atoms with Crippen molar-refractivity contribution in [1.82, 2.24) is 0 Å². The first-order valence-corrected chi connectivity index (χ1v) is 4.95. The normalized spacial score (nSPS) is 11.3. The summed E-state index contributed by atoms with van der Waals surface area (Å²) in [5.41, 5.74) is 0.376. The number of nitriles is 1. The molecule has 0 aliphatic heterocycles. The molecule has 0 fully saturated rings. The minimum Gasteiger partial charge on any atom is -0.325 e. The summed E-state index contributed by atoms with van der Waals surface area (Å²) in [6.07, 6.45) is 0.271. The van der Waals surface area contributed by atoms with E-state index in [4.69, 9.17) is 28.5 Å². The van der Waals surface area contributed by atoms with Gasteiger partial charge in [-0.3, -0.25) is 4.79 Å². The zero-order valence-corrected chi connectivity index (χ0v) is 9.42. The van der Waals surface area contributed by atoms with Crippen LogP contribution in [0.4, 0.5) is 5.69 Å². The van der Waals surface area contributed by atoms with Crippen LogP contribution in [0.3, 0.4) is 0 Å². The van der Waals surface area contributed by atoms with Gasteiger partial charge in [0, 0.05) is 5.69 Å². The third-order valence-corrected chi connectivity index (χ3v) is 2.48. The van der Waals surface area contributed by atoms with Crippen LogP contribution in [0.25, 0.3) is 0 Å². The van der Waals surface area contributed by atoms with Crippen LogP contribution in [-0.2, 0) is 9.59 Å². The average Bonchev–Trinajstić information content (AvgIpc) is 2.25. The molecule has 1 rings (SSSR count). The van der Waals surface area contributed by atoms with Gasteiger partial charge < -0.3 is 10.1 Å². The Balaban J connectivity index is 2.81. The summed E-state index contributed by atoms with van der Waals surface area (Å²) in [6, 6.07) is 6.01. The zero-order chi connectivity index (χ0) is 12.1. The molecular weight excluding hydrogens is 251 g/mol. The second kappa shape index (κ2) is 5.50. The maximum absolute atomic E-state index is 11.3. The van der Waals surface area contributed by atoms with Crippen molar-refractivity contribution in [3.05, 3.63) is 28.2 Å². The van der Waals surface area contributed by atoms with Crippen LogP contribution < -0.4 is 5.32 Å². The maximum Gasteiger partial charge on any atom is 0.249 e. The molecule has 0 saturated carbocycles. The van der Waals surface area contributed by atoms with Crippen LogP contribution >= 0.6 is 23.2 Å². The Bertz CT molecular complexity index is 468. The highest BCUT2D eigenvalue weighted by molar-refractivity contribution is 6.42. The number of hydrogen-bond acceptors (Lipinski definition) is 3. The van der Waals surface area contributed by atoms with Gasteiger partial charge in [-0.15, -0.1) is 0 Å². The van der Waals surface area contributed by atoms with Gasteiger partial charge in [-0.25, -0.2) is 0 Å². The van der Waals surface area contributed by atoms with Crippen LogP contribution in [0.15, 0.2) is 18.2 Å². The largest absolute Gasteiger partial charge is 0.325 e. The van der Waals surface area contributed by atoms with E-state index in [2.05, 4.69) is 5.32 Å². The third kappa shape index (κ3) is 2.96. The van der Waals surface area contributed by atoms with Gasteiger partial charge in [0.1, 0.15) is 6.29 Å². The van der Waals surface area contributed by atoms with Crippen molar-refractivity contribution in [3.8, 4) is 6.07 Å². The van der Waals surface area contributed by atoms with Crippen LogP contribution in [0, 0.1) is 17.2 Å². The van der Waals surface area contributed by atoms with E-state index in [0.717, 1.165) is 0 Å². The molecule has 4 nitrogen and oxygen atoms in total. The van der Waals surface area contributed by atoms with Crippen molar-refractivity contribution in [2.75, 3.05) is 5.32 Å². The van der Waals surface area contributed by atoms with E-state index in [0.29, 0.717) is 10.7 Å². The second-order valence-electron chi connectivity index (χ2n) is 2.86. The summed E-state index contributed by atoms with van der Waals surface area (Å²) < 4.78 is 0. The zero-order valence-electron chi connectivity index (χ0n) is 7.91. The lowest BCUT2D eigenvalue weighted by Crippen LogP contribution is -2.22. The molecule has 1 aromatic carbocycles. The fourth-order valence-corrected chi connectivity index (χ4v) is 1.24. The molecule has 0 unspecified atom stereocenters. The summed E-state index contributed by atoms with van der Waals surface area (Å²) in [5, 5.41) is 11.5. The van der Waals surface area contributed by atoms with Crippen LogP contribution in [0.2, 0.25) is 10.0 Å². The number of carbonyl (C=O) groups excluding carboxylic acids is 2. The highest BCUT2D eigenvalue weighted by Crippen LogP contribution is 2.25. The molecule has 1 N–H and O–H groups in total. The lowest BCUT2D eigenvalue weighted by molar-refractivity contribution is -0.122. The van der Waals surface area contributed by atoms with E-state index in [9.17, 15) is 9.59 Å². The Kier molecular flexibility index (Phi) is 4.29. The van der Waals surface area contributed by atoms with E-state index in [1.54, 1.807) is 6.07 Å². The first-order chi connectivity index (χ1) is 7.58. The Morgan fingerprint density at radius 2 is 2.12 bits per heavy atom. The highest BCUT2D eigenvalue weighted by Gasteiger charge is 2.16. The van der Waals surface area contributed by atoms with E-state index in [-0.39, 0.29) is 11.3 Å². The molecule has 0 saturated heterocycles. The number of carbonyl (C=O) groups is 2. The van der Waals surface area contributed by atoms with Crippen molar-refractivity contribution in [2.45, 2.75) is 0 Å². The van der Waals surface area contributed by atoms with Gasteiger partial charge in [-0.1, -0.05) is 23.2 Å². The lowest BCUT2D eigenvalue weighted by Gasteiger charge is -2.06. The van der Waals surface area contributed by atoms with Crippen molar-refractivity contribution in [2.24, 2.45) is 5.92 Å². The summed E-state index contributed by atoms with van der Waals surface area (Å²) in [5.74, 6) is -2.02. The predicted molar refractivity (Wildman–Crippen MR) is 60.3 cm³/mol. The summed E-state index contributed by atoms with van der Waals surface area (Å²) in [7, 11) is 0. The molecule has 82 valence electrons. The molecule has 1 aromatic rings. The Labute approximate surface area is 102 Å². The Hall–Kier alpha value is -1.57. The number of aldehydes is 1. The van der Waals surface area contributed by atoms with Gasteiger partial charge in [0.05, 0.1) is 16.1 Å². The van der Waals surface area contributed by atoms with E-state index < -0.39 is 11.8 Å². The van der Waals surface area contributed by atoms with E-state index in [1.165, 1.54) is 18.2 Å². The average molecular weight is 257 g/mol. The molecule has 0 radical (unpaired) electrons. The summed E-state index contributed by atoms with van der Waals surface area (Å²) in [6.45, 7) is 0. The molecule has 16 heavy (non-hydrogen) atoms. The standard InChI is InChI=1S/C10H6Cl2N2O2/c11-8-2-1-7(3-9(8)12)14-10(16)6(4-13)5-15/h1-3,5-6H,(H,14,16)/t6-/m1/s1. The fourth-order valence-electron chi connectivity index (χ4n) is 0.945. The molecule has 6 heteroatoms. The Morgan fingerprint density at radius 3 is 2.62 bits per heavy atom. The number of halogens is 2. The monoisotopic (exact) mass is 256 g/mol. The Morgan fingerprint density at radius 1 is 1.44 bits per heavy atom. The van der Waals surface area contributed by atoms with Crippen LogP contribution in [0.5, 0.6) is 0 Å². The van der Waals surface area contributed by atoms with Gasteiger partial charge in [-0.05, 0) is 18.2 Å². The fraction of sp³-hybridized carbons (Fsp3) is 0.100. The van der Waals surface area contributed by atoms with Crippen LogP contribution in [0.1, 0.15) is 0 Å². The third-order valence-electron chi connectivity index (χ3n) is 1.74. The van der Waals surface area contributed by atoms with E-state index >= 15 is 0 Å². The molecule has 0 aliphatic carbocycles. The highest BCUT2D eigenvalue weighted by atomic mass is 35.5. The van der Waals surface area contributed by atoms with Crippen molar-refractivity contribution in [1.29, 1.82) is 5.26 Å². The van der Waals surface area contributed by atoms with Crippen molar-refractivity contribution >= 4 is 41.1 Å². The SMILES string of the molecule is N#C[C@H](C=O)C(=O)Nc1ccc(Cl)c(Cl)c1. The lowest BCUT2D eigenvalue weighted by atomic mass is 10.2. The van der Waals surface area contributed by atoms with Crippen molar-refractivity contribution < 1.29 is 9.59 Å². The maximum atomic E-state index is 11.3. The van der Waals surface area contributed by atoms with Gasteiger partial charge >= 0.3 is 0 Å².